The molecule has 0 aliphatic carbocycles. The lowest BCUT2D eigenvalue weighted by atomic mass is 10.1. The zero-order valence-corrected chi connectivity index (χ0v) is 21.9. The van der Waals surface area contributed by atoms with Gasteiger partial charge in [0.05, 0.1) is 35.7 Å². The van der Waals surface area contributed by atoms with Gasteiger partial charge in [-0.05, 0) is 12.1 Å². The normalized spacial score (nSPS) is 17.2. The van der Waals surface area contributed by atoms with E-state index in [1.807, 2.05) is 12.1 Å². The lowest BCUT2D eigenvalue weighted by Crippen LogP contribution is -2.34. The number of hydrogen-bond donors (Lipinski definition) is 1. The smallest absolute Gasteiger partial charge is 0.231 e. The Bertz CT molecular complexity index is 1330. The van der Waals surface area contributed by atoms with Crippen LogP contribution in [0.25, 0.3) is 10.9 Å². The first-order chi connectivity index (χ1) is 18.6. The Labute approximate surface area is 226 Å². The monoisotopic (exact) mass is 539 g/mol. The molecule has 3 aromatic rings. The quantitative estimate of drug-likeness (QED) is 0.444. The summed E-state index contributed by atoms with van der Waals surface area (Å²) < 4.78 is 29.4. The van der Waals surface area contributed by atoms with Gasteiger partial charge >= 0.3 is 0 Å². The molecule has 0 spiro atoms. The Morgan fingerprint density at radius 3 is 2.84 bits per heavy atom. The molecule has 200 valence electrons. The van der Waals surface area contributed by atoms with Gasteiger partial charge in [-0.25, -0.2) is 9.97 Å². The van der Waals surface area contributed by atoms with Crippen LogP contribution in [0.15, 0.2) is 43.0 Å². The van der Waals surface area contributed by atoms with Crippen LogP contribution in [0.2, 0.25) is 5.02 Å². The van der Waals surface area contributed by atoms with Gasteiger partial charge in [-0.2, -0.15) is 0 Å². The summed E-state index contributed by atoms with van der Waals surface area (Å²) >= 11 is 6.54. The van der Waals surface area contributed by atoms with E-state index >= 15 is 0 Å². The van der Waals surface area contributed by atoms with Crippen LogP contribution in [0.5, 0.6) is 23.0 Å². The summed E-state index contributed by atoms with van der Waals surface area (Å²) in [4.78, 5) is 13.5. The van der Waals surface area contributed by atoms with Gasteiger partial charge in [-0.1, -0.05) is 11.6 Å². The van der Waals surface area contributed by atoms with Gasteiger partial charge < -0.3 is 38.8 Å². The van der Waals surface area contributed by atoms with Crippen molar-refractivity contribution in [3.63, 3.8) is 0 Å². The minimum Gasteiger partial charge on any atom is -0.492 e. The molecule has 4 heterocycles. The SMILES string of the molecule is CN1C=CN(CCOc2cc(OC3CCOCC3)c3c(Nc4c(Cl)ccc5c4OCO5)ncnc3c2)CC1. The first-order valence-corrected chi connectivity index (χ1v) is 13.2. The highest BCUT2D eigenvalue weighted by Crippen LogP contribution is 2.46. The molecule has 11 heteroatoms. The summed E-state index contributed by atoms with van der Waals surface area (Å²) in [6.07, 6.45) is 7.32. The number of benzene rings is 2. The molecule has 0 radical (unpaired) electrons. The number of fused-ring (bicyclic) bond motifs is 2. The van der Waals surface area contributed by atoms with Crippen molar-refractivity contribution in [3.05, 3.63) is 48.0 Å². The van der Waals surface area contributed by atoms with Crippen molar-refractivity contribution in [2.45, 2.75) is 18.9 Å². The van der Waals surface area contributed by atoms with Crippen molar-refractivity contribution in [2.75, 3.05) is 58.6 Å². The van der Waals surface area contributed by atoms with E-state index in [1.54, 1.807) is 12.1 Å². The number of nitrogens with one attached hydrogen (secondary N) is 1. The summed E-state index contributed by atoms with van der Waals surface area (Å²) in [6.45, 7) is 4.76. The summed E-state index contributed by atoms with van der Waals surface area (Å²) in [5, 5.41) is 4.58. The van der Waals surface area contributed by atoms with Crippen LogP contribution in [-0.2, 0) is 4.74 Å². The fourth-order valence-electron chi connectivity index (χ4n) is 4.67. The Hall–Kier alpha value is -3.63. The molecule has 0 unspecified atom stereocenters. The first kappa shape index (κ1) is 24.7. The maximum atomic E-state index is 6.54. The van der Waals surface area contributed by atoms with Gasteiger partial charge in [0.15, 0.2) is 11.5 Å². The molecule has 38 heavy (non-hydrogen) atoms. The van der Waals surface area contributed by atoms with Gasteiger partial charge in [-0.3, -0.25) is 0 Å². The molecule has 3 aliphatic rings. The summed E-state index contributed by atoms with van der Waals surface area (Å²) in [7, 11) is 2.07. The van der Waals surface area contributed by atoms with Gasteiger partial charge in [0, 0.05) is 57.5 Å². The van der Waals surface area contributed by atoms with Crippen LogP contribution in [0.4, 0.5) is 11.5 Å². The van der Waals surface area contributed by atoms with Gasteiger partial charge in [0.1, 0.15) is 42.0 Å². The van der Waals surface area contributed by atoms with Crippen molar-refractivity contribution >= 4 is 34.0 Å². The second-order valence-corrected chi connectivity index (χ2v) is 9.82. The fraction of sp³-hybridized carbons (Fsp3) is 0.407. The molecule has 1 N–H and O–H groups in total. The number of nitrogens with zero attached hydrogens (tertiary/aromatic N) is 4. The first-order valence-electron chi connectivity index (χ1n) is 12.8. The summed E-state index contributed by atoms with van der Waals surface area (Å²) in [6, 6.07) is 7.38. The van der Waals surface area contributed by atoms with Crippen LogP contribution < -0.4 is 24.3 Å². The van der Waals surface area contributed by atoms with E-state index in [9.17, 15) is 0 Å². The average Bonchev–Trinajstić information content (AvgIpc) is 3.41. The lowest BCUT2D eigenvalue weighted by Gasteiger charge is -2.28. The fourth-order valence-corrected chi connectivity index (χ4v) is 4.86. The molecule has 0 bridgehead atoms. The largest absolute Gasteiger partial charge is 0.492 e. The predicted octanol–water partition coefficient (Wildman–Crippen LogP) is 4.41. The maximum absolute atomic E-state index is 6.54. The van der Waals surface area contributed by atoms with Crippen LogP contribution in [0, 0.1) is 0 Å². The molecule has 10 nitrogen and oxygen atoms in total. The molecule has 0 amide bonds. The van der Waals surface area contributed by atoms with Crippen molar-refractivity contribution in [2.24, 2.45) is 0 Å². The molecule has 0 atom stereocenters. The molecular formula is C27H30ClN5O5. The van der Waals surface area contributed by atoms with Crippen LogP contribution >= 0.6 is 11.6 Å². The van der Waals surface area contributed by atoms with Crippen LogP contribution in [-0.4, -0.2) is 79.2 Å². The van der Waals surface area contributed by atoms with Gasteiger partial charge in [-0.15, -0.1) is 0 Å². The van der Waals surface area contributed by atoms with Crippen LogP contribution in [0.1, 0.15) is 12.8 Å². The number of hydrogen-bond acceptors (Lipinski definition) is 10. The molecule has 2 aromatic carbocycles. The minimum absolute atomic E-state index is 0.0204. The number of ether oxygens (including phenoxy) is 5. The lowest BCUT2D eigenvalue weighted by molar-refractivity contribution is 0.0261. The topological polar surface area (TPSA) is 90.4 Å². The zero-order valence-electron chi connectivity index (χ0n) is 21.2. The highest BCUT2D eigenvalue weighted by molar-refractivity contribution is 6.34. The van der Waals surface area contributed by atoms with Crippen molar-refractivity contribution < 1.29 is 23.7 Å². The predicted molar refractivity (Wildman–Crippen MR) is 144 cm³/mol. The van der Waals surface area contributed by atoms with E-state index in [0.29, 0.717) is 64.9 Å². The minimum atomic E-state index is 0.0204. The summed E-state index contributed by atoms with van der Waals surface area (Å²) in [5.74, 6) is 3.07. The van der Waals surface area contributed by atoms with Gasteiger partial charge in [0.25, 0.3) is 0 Å². The molecule has 1 saturated heterocycles. The number of halogens is 1. The Balaban J connectivity index is 1.31. The van der Waals surface area contributed by atoms with E-state index in [2.05, 4.69) is 44.5 Å². The average molecular weight is 540 g/mol. The molecule has 1 fully saturated rings. The Kier molecular flexibility index (Phi) is 7.15. The third-order valence-electron chi connectivity index (χ3n) is 6.79. The second-order valence-electron chi connectivity index (χ2n) is 9.41. The third-order valence-corrected chi connectivity index (χ3v) is 7.10. The Morgan fingerprint density at radius 2 is 2.00 bits per heavy atom. The van der Waals surface area contributed by atoms with E-state index in [1.165, 1.54) is 6.33 Å². The number of aromatic nitrogens is 2. The van der Waals surface area contributed by atoms with Crippen molar-refractivity contribution in [1.82, 2.24) is 19.8 Å². The number of likely N-dealkylation sites (N-methyl/N-ethyl adjacent to an activating group) is 1. The zero-order chi connectivity index (χ0) is 25.9. The van der Waals surface area contributed by atoms with Gasteiger partial charge in [0.2, 0.25) is 6.79 Å². The van der Waals surface area contributed by atoms with E-state index in [0.717, 1.165) is 37.9 Å². The number of anilines is 2. The molecule has 6 rings (SSSR count). The van der Waals surface area contributed by atoms with Crippen molar-refractivity contribution in [3.8, 4) is 23.0 Å². The third kappa shape index (κ3) is 5.32. The summed E-state index contributed by atoms with van der Waals surface area (Å²) in [5.41, 5.74) is 1.28. The standard InChI is InChI=1S/C27H30ClN5O5/c1-32-6-8-33(9-7-32)10-13-35-19-14-21-24(23(15-19)38-18-4-11-34-12-5-18)27(30-16-29-21)31-25-20(28)2-3-22-26(25)37-17-36-22/h2-3,6,8,14-16,18H,4-5,7,9-13,17H2,1H3,(H,29,30,31). The molecule has 3 aliphatic heterocycles. The molecule has 1 aromatic heterocycles. The van der Waals surface area contributed by atoms with E-state index in [4.69, 9.17) is 35.3 Å². The number of rotatable bonds is 8. The second kappa shape index (κ2) is 11.0. The van der Waals surface area contributed by atoms with E-state index < -0.39 is 0 Å². The van der Waals surface area contributed by atoms with E-state index in [-0.39, 0.29) is 12.9 Å². The maximum Gasteiger partial charge on any atom is 0.231 e. The van der Waals surface area contributed by atoms with Crippen molar-refractivity contribution in [1.29, 1.82) is 0 Å². The highest BCUT2D eigenvalue weighted by Gasteiger charge is 2.24. The Morgan fingerprint density at radius 1 is 1.11 bits per heavy atom. The highest BCUT2D eigenvalue weighted by atomic mass is 35.5. The molecule has 0 saturated carbocycles. The molecular weight excluding hydrogens is 510 g/mol. The van der Waals surface area contributed by atoms with Crippen LogP contribution in [0.3, 0.4) is 0 Å².